The number of fused-ring (bicyclic) bond motifs is 1. The van der Waals surface area contributed by atoms with Gasteiger partial charge in [0.1, 0.15) is 5.75 Å². The molecule has 6 nitrogen and oxygen atoms in total. The highest BCUT2D eigenvalue weighted by Gasteiger charge is 2.17. The number of hydrogen-bond acceptors (Lipinski definition) is 6. The minimum Gasteiger partial charge on any atom is -0.493 e. The molecule has 4 rings (SSSR count). The first-order valence-electron chi connectivity index (χ1n) is 9.69. The number of para-hydroxylation sites is 1. The van der Waals surface area contributed by atoms with Crippen LogP contribution in [0.1, 0.15) is 18.9 Å². The molecule has 0 fully saturated rings. The van der Waals surface area contributed by atoms with E-state index in [1.54, 1.807) is 12.1 Å². The summed E-state index contributed by atoms with van der Waals surface area (Å²) in [5.41, 5.74) is 2.41. The van der Waals surface area contributed by atoms with Crippen LogP contribution in [-0.4, -0.2) is 30.7 Å². The van der Waals surface area contributed by atoms with Gasteiger partial charge in [-0.25, -0.2) is 4.98 Å². The molecule has 30 heavy (non-hydrogen) atoms. The molecule has 0 spiro atoms. The molecule has 0 atom stereocenters. The summed E-state index contributed by atoms with van der Waals surface area (Å²) < 4.78 is 17.0. The topological polar surface area (TPSA) is 69.7 Å². The highest BCUT2D eigenvalue weighted by atomic mass is 35.5. The van der Waals surface area contributed by atoms with Crippen LogP contribution in [0, 0.1) is 0 Å². The lowest BCUT2D eigenvalue weighted by Crippen LogP contribution is -2.14. The maximum Gasteiger partial charge on any atom is 0.230 e. The third kappa shape index (κ3) is 4.68. The number of carbonyl (C=O) groups is 1. The van der Waals surface area contributed by atoms with E-state index < -0.39 is 0 Å². The van der Waals surface area contributed by atoms with E-state index in [4.69, 9.17) is 25.8 Å². The number of carbonyl (C=O) groups excluding carboxylic acids is 1. The van der Waals surface area contributed by atoms with Crippen molar-refractivity contribution < 1.29 is 19.0 Å². The van der Waals surface area contributed by atoms with E-state index in [2.05, 4.69) is 10.3 Å². The van der Waals surface area contributed by atoms with E-state index >= 15 is 0 Å². The normalized spacial score (nSPS) is 12.9. The van der Waals surface area contributed by atoms with Crippen molar-refractivity contribution in [1.29, 1.82) is 0 Å². The van der Waals surface area contributed by atoms with Gasteiger partial charge in [-0.15, -0.1) is 11.3 Å². The van der Waals surface area contributed by atoms with Crippen molar-refractivity contribution in [3.05, 3.63) is 52.4 Å². The second-order valence-electron chi connectivity index (χ2n) is 6.65. The van der Waals surface area contributed by atoms with Crippen LogP contribution in [0.2, 0.25) is 5.02 Å². The van der Waals surface area contributed by atoms with Gasteiger partial charge in [0.25, 0.3) is 0 Å². The molecule has 2 heterocycles. The number of ether oxygens (including phenoxy) is 3. The number of anilines is 1. The fourth-order valence-electron chi connectivity index (χ4n) is 3.15. The first-order valence-corrected chi connectivity index (χ1v) is 11.0. The monoisotopic (exact) mass is 444 g/mol. The van der Waals surface area contributed by atoms with Gasteiger partial charge in [-0.2, -0.15) is 0 Å². The van der Waals surface area contributed by atoms with Crippen molar-refractivity contribution in [3.63, 3.8) is 0 Å². The van der Waals surface area contributed by atoms with Gasteiger partial charge < -0.3 is 19.5 Å². The summed E-state index contributed by atoms with van der Waals surface area (Å²) in [5, 5.41) is 5.73. The van der Waals surface area contributed by atoms with Gasteiger partial charge in [0, 0.05) is 17.4 Å². The van der Waals surface area contributed by atoms with Crippen LogP contribution in [0.5, 0.6) is 17.2 Å². The van der Waals surface area contributed by atoms with Crippen LogP contribution < -0.4 is 19.5 Å². The number of benzene rings is 2. The number of nitrogens with zero attached hydrogens (tertiary/aromatic N) is 1. The summed E-state index contributed by atoms with van der Waals surface area (Å²) in [6.45, 7) is 3.63. The highest BCUT2D eigenvalue weighted by Crippen LogP contribution is 2.38. The van der Waals surface area contributed by atoms with E-state index in [-0.39, 0.29) is 12.3 Å². The zero-order valence-electron chi connectivity index (χ0n) is 16.4. The molecule has 0 unspecified atom stereocenters. The van der Waals surface area contributed by atoms with Crippen LogP contribution in [0.25, 0.3) is 11.3 Å². The molecule has 8 heteroatoms. The zero-order chi connectivity index (χ0) is 20.9. The number of nitrogens with one attached hydrogen (secondary N) is 1. The summed E-state index contributed by atoms with van der Waals surface area (Å²) in [7, 11) is 0. The van der Waals surface area contributed by atoms with Gasteiger partial charge in [0.05, 0.1) is 37.0 Å². The molecule has 2 aromatic carbocycles. The third-order valence-electron chi connectivity index (χ3n) is 4.44. The van der Waals surface area contributed by atoms with Crippen LogP contribution in [0.3, 0.4) is 0 Å². The van der Waals surface area contributed by atoms with Gasteiger partial charge in [0.2, 0.25) is 5.91 Å². The molecule has 0 saturated carbocycles. The van der Waals surface area contributed by atoms with Crippen LogP contribution in [-0.2, 0) is 11.2 Å². The molecule has 1 aromatic heterocycles. The van der Waals surface area contributed by atoms with Gasteiger partial charge in [-0.1, -0.05) is 23.7 Å². The van der Waals surface area contributed by atoms with E-state index in [1.807, 2.05) is 36.6 Å². The van der Waals surface area contributed by atoms with Gasteiger partial charge in [-0.05, 0) is 36.8 Å². The van der Waals surface area contributed by atoms with Crippen LogP contribution in [0.15, 0.2) is 41.8 Å². The Bertz CT molecular complexity index is 1050. The molecule has 0 radical (unpaired) electrons. The quantitative estimate of drug-likeness (QED) is 0.565. The Morgan fingerprint density at radius 1 is 1.27 bits per heavy atom. The Kier molecular flexibility index (Phi) is 6.40. The number of hydrogen-bond donors (Lipinski definition) is 1. The average Bonchev–Trinajstić information content (AvgIpc) is 3.04. The second-order valence-corrected chi connectivity index (χ2v) is 7.91. The van der Waals surface area contributed by atoms with Crippen molar-refractivity contribution >= 4 is 34.0 Å². The Morgan fingerprint density at radius 2 is 2.10 bits per heavy atom. The summed E-state index contributed by atoms with van der Waals surface area (Å²) >= 11 is 7.69. The molecular weight excluding hydrogens is 424 g/mol. The maximum absolute atomic E-state index is 12.6. The Labute approximate surface area is 183 Å². The Hall–Kier alpha value is -2.77. The lowest BCUT2D eigenvalue weighted by Gasteiger charge is -2.11. The lowest BCUT2D eigenvalue weighted by atomic mass is 10.1. The van der Waals surface area contributed by atoms with Crippen LogP contribution in [0.4, 0.5) is 5.13 Å². The lowest BCUT2D eigenvalue weighted by molar-refractivity contribution is -0.115. The van der Waals surface area contributed by atoms with E-state index in [9.17, 15) is 4.79 Å². The molecule has 1 amide bonds. The maximum atomic E-state index is 12.6. The minimum atomic E-state index is -0.181. The molecule has 3 aromatic rings. The molecule has 156 valence electrons. The number of thiazole rings is 1. The minimum absolute atomic E-state index is 0.154. The molecule has 0 bridgehead atoms. The SMILES string of the molecule is CCOc1ccccc1-c1csc(NC(=O)Cc2cc(Cl)c3c(c2)OCCCO3)n1. The van der Waals surface area contributed by atoms with E-state index in [0.29, 0.717) is 41.5 Å². The Morgan fingerprint density at radius 3 is 2.97 bits per heavy atom. The number of halogens is 1. The Balaban J connectivity index is 1.46. The molecule has 1 aliphatic heterocycles. The number of rotatable bonds is 6. The zero-order valence-corrected chi connectivity index (χ0v) is 18.0. The fraction of sp³-hybridized carbons (Fsp3) is 0.273. The largest absolute Gasteiger partial charge is 0.493 e. The van der Waals surface area contributed by atoms with E-state index in [1.165, 1.54) is 11.3 Å². The summed E-state index contributed by atoms with van der Waals surface area (Å²) in [4.78, 5) is 17.1. The van der Waals surface area contributed by atoms with Crippen LogP contribution >= 0.6 is 22.9 Å². The van der Waals surface area contributed by atoms with Crippen molar-refractivity contribution in [2.45, 2.75) is 19.8 Å². The van der Waals surface area contributed by atoms with Gasteiger partial charge in [-0.3, -0.25) is 4.79 Å². The van der Waals surface area contributed by atoms with Crippen molar-refractivity contribution in [2.75, 3.05) is 25.1 Å². The molecule has 0 aliphatic carbocycles. The van der Waals surface area contributed by atoms with Gasteiger partial charge >= 0.3 is 0 Å². The highest BCUT2D eigenvalue weighted by molar-refractivity contribution is 7.14. The molecular formula is C22H21ClN2O4S. The average molecular weight is 445 g/mol. The summed E-state index contributed by atoms with van der Waals surface area (Å²) in [5.74, 6) is 1.70. The molecule has 1 aliphatic rings. The first-order chi connectivity index (χ1) is 14.6. The fourth-order valence-corrected chi connectivity index (χ4v) is 4.16. The molecule has 1 N–H and O–H groups in total. The number of aromatic nitrogens is 1. The first kappa shape index (κ1) is 20.5. The van der Waals surface area contributed by atoms with Crippen molar-refractivity contribution in [3.8, 4) is 28.5 Å². The molecule has 0 saturated heterocycles. The van der Waals surface area contributed by atoms with Crippen molar-refractivity contribution in [2.24, 2.45) is 0 Å². The summed E-state index contributed by atoms with van der Waals surface area (Å²) in [6, 6.07) is 11.3. The number of amides is 1. The summed E-state index contributed by atoms with van der Waals surface area (Å²) in [6.07, 6.45) is 0.945. The predicted octanol–water partition coefficient (Wildman–Crippen LogP) is 5.20. The van der Waals surface area contributed by atoms with Crippen molar-refractivity contribution in [1.82, 2.24) is 4.98 Å². The third-order valence-corrected chi connectivity index (χ3v) is 5.48. The standard InChI is InChI=1S/C22H21ClN2O4S/c1-2-27-18-7-4-3-6-15(18)17-13-30-22(24-17)25-20(26)12-14-10-16(23)21-19(11-14)28-8-5-9-29-21/h3-4,6-7,10-11,13H,2,5,8-9,12H2,1H3,(H,24,25,26). The smallest absolute Gasteiger partial charge is 0.230 e. The predicted molar refractivity (Wildman–Crippen MR) is 118 cm³/mol. The van der Waals surface area contributed by atoms with E-state index in [0.717, 1.165) is 29.0 Å². The van der Waals surface area contributed by atoms with Gasteiger partial charge in [0.15, 0.2) is 16.6 Å². The second kappa shape index (κ2) is 9.36.